The third kappa shape index (κ3) is 14.0. The molecule has 1 aromatic carbocycles. The highest BCUT2D eigenvalue weighted by Crippen LogP contribution is 2.22. The number of H-pyrrole nitrogens is 1. The van der Waals surface area contributed by atoms with Gasteiger partial charge in [0.1, 0.15) is 36.3 Å². The molecule has 2 aromatic rings. The van der Waals surface area contributed by atoms with E-state index in [-0.39, 0.29) is 51.6 Å². The van der Waals surface area contributed by atoms with Crippen LogP contribution in [0.15, 0.2) is 30.5 Å². The van der Waals surface area contributed by atoms with Crippen LogP contribution in [0.5, 0.6) is 0 Å². The number of benzene rings is 1. The zero-order valence-electron chi connectivity index (χ0n) is 35.5. The predicted octanol–water partition coefficient (Wildman–Crippen LogP) is -2.85. The average molecular weight is 868 g/mol. The van der Waals surface area contributed by atoms with Gasteiger partial charge in [0, 0.05) is 36.6 Å². The van der Waals surface area contributed by atoms with Gasteiger partial charge < -0.3 is 63.3 Å². The first-order valence-corrected chi connectivity index (χ1v) is 21.0. The number of primary amides is 2. The molecule has 21 heteroatoms. The van der Waals surface area contributed by atoms with Crippen LogP contribution in [0.4, 0.5) is 0 Å². The second-order valence-electron chi connectivity index (χ2n) is 16.1. The van der Waals surface area contributed by atoms with E-state index in [4.69, 9.17) is 11.5 Å². The van der Waals surface area contributed by atoms with E-state index >= 15 is 0 Å². The smallest absolute Gasteiger partial charge is 0.247 e. The van der Waals surface area contributed by atoms with Crippen LogP contribution >= 0.6 is 0 Å². The van der Waals surface area contributed by atoms with Crippen molar-refractivity contribution >= 4 is 64.1 Å². The number of nitrogens with two attached hydrogens (primary N) is 2. The zero-order valence-corrected chi connectivity index (χ0v) is 35.5. The molecule has 0 saturated carbocycles. The Morgan fingerprint density at radius 1 is 0.839 bits per heavy atom. The number of unbranched alkanes of at least 4 members (excludes halogenated alkanes) is 1. The maximum atomic E-state index is 14.0. The number of nitrogens with one attached hydrogen (secondary N) is 7. The summed E-state index contributed by atoms with van der Waals surface area (Å²) in [5, 5.41) is 27.2. The quantitative estimate of drug-likeness (QED) is 0.103. The van der Waals surface area contributed by atoms with Gasteiger partial charge in [0.25, 0.3) is 0 Å². The number of carbonyl (C=O) groups is 9. The van der Waals surface area contributed by atoms with Crippen molar-refractivity contribution in [1.29, 1.82) is 0 Å². The van der Waals surface area contributed by atoms with E-state index < -0.39 is 108 Å². The lowest BCUT2D eigenvalue weighted by Crippen LogP contribution is -2.57. The van der Waals surface area contributed by atoms with Crippen molar-refractivity contribution in [2.24, 2.45) is 17.4 Å². The molecule has 340 valence electrons. The van der Waals surface area contributed by atoms with E-state index in [1.165, 1.54) is 6.92 Å². The minimum absolute atomic E-state index is 0.0490. The first-order chi connectivity index (χ1) is 29.5. The van der Waals surface area contributed by atoms with Crippen molar-refractivity contribution < 1.29 is 48.3 Å². The second-order valence-corrected chi connectivity index (χ2v) is 16.1. The van der Waals surface area contributed by atoms with Crippen molar-refractivity contribution in [3.05, 3.63) is 36.0 Å². The summed E-state index contributed by atoms with van der Waals surface area (Å²) in [4.78, 5) is 126. The summed E-state index contributed by atoms with van der Waals surface area (Å²) in [6.45, 7) is 1.62. The molecule has 0 radical (unpaired) electrons. The van der Waals surface area contributed by atoms with E-state index in [1.807, 2.05) is 43.3 Å². The summed E-state index contributed by atoms with van der Waals surface area (Å²) in [7, 11) is 3.82. The summed E-state index contributed by atoms with van der Waals surface area (Å²) in [6.07, 6.45) is 1.48. The Labute approximate surface area is 359 Å². The summed E-state index contributed by atoms with van der Waals surface area (Å²) in [5.74, 6) is -8.86. The van der Waals surface area contributed by atoms with E-state index in [1.54, 1.807) is 6.20 Å². The van der Waals surface area contributed by atoms with Crippen molar-refractivity contribution in [2.75, 3.05) is 40.3 Å². The highest BCUT2D eigenvalue weighted by Gasteiger charge is 2.40. The number of hydrogen-bond donors (Lipinski definition) is 10. The van der Waals surface area contributed by atoms with Gasteiger partial charge >= 0.3 is 0 Å². The van der Waals surface area contributed by atoms with Crippen LogP contribution < -0.4 is 43.4 Å². The molecule has 4 rings (SSSR count). The number of carbonyl (C=O) groups excluding carboxylic acids is 9. The third-order valence-corrected chi connectivity index (χ3v) is 11.0. The number of aromatic amines is 1. The van der Waals surface area contributed by atoms with Crippen LogP contribution in [0, 0.1) is 5.92 Å². The Morgan fingerprint density at radius 3 is 2.29 bits per heavy atom. The van der Waals surface area contributed by atoms with Crippen LogP contribution in [-0.2, 0) is 49.6 Å². The summed E-state index contributed by atoms with van der Waals surface area (Å²) in [5.41, 5.74) is 12.5. The van der Waals surface area contributed by atoms with E-state index in [0.29, 0.717) is 19.3 Å². The number of rotatable bonds is 11. The molecule has 9 amide bonds. The van der Waals surface area contributed by atoms with Crippen molar-refractivity contribution in [2.45, 2.75) is 107 Å². The zero-order chi connectivity index (χ0) is 45.5. The van der Waals surface area contributed by atoms with Crippen molar-refractivity contribution in [3.63, 3.8) is 0 Å². The number of hydrogen-bond acceptors (Lipinski definition) is 11. The second kappa shape index (κ2) is 23.2. The molecular formula is C41H61N11O10. The van der Waals surface area contributed by atoms with Crippen LogP contribution in [0.1, 0.15) is 70.3 Å². The molecule has 2 fully saturated rings. The average Bonchev–Trinajstić information content (AvgIpc) is 3.89. The fourth-order valence-electron chi connectivity index (χ4n) is 7.62. The lowest BCUT2D eigenvalue weighted by atomic mass is 9.93. The topological polar surface area (TPSA) is 320 Å². The highest BCUT2D eigenvalue weighted by atomic mass is 16.3. The molecule has 0 spiro atoms. The maximum Gasteiger partial charge on any atom is 0.247 e. The molecular weight excluding hydrogens is 807 g/mol. The minimum atomic E-state index is -2.00. The van der Waals surface area contributed by atoms with Crippen LogP contribution in [0.3, 0.4) is 0 Å². The highest BCUT2D eigenvalue weighted by molar-refractivity contribution is 5.98. The first kappa shape index (κ1) is 48.6. The number of aliphatic hydroxyl groups is 1. The molecule has 2 saturated heterocycles. The number of para-hydroxylation sites is 1. The molecule has 12 N–H and O–H groups in total. The van der Waals surface area contributed by atoms with Gasteiger partial charge in [-0.25, -0.2) is 0 Å². The van der Waals surface area contributed by atoms with Crippen molar-refractivity contribution in [3.8, 4) is 0 Å². The molecule has 2 aliphatic rings. The normalized spacial score (nSPS) is 24.9. The molecule has 21 nitrogen and oxygen atoms in total. The molecule has 0 aliphatic carbocycles. The van der Waals surface area contributed by atoms with Gasteiger partial charge in [0.2, 0.25) is 53.2 Å². The maximum absolute atomic E-state index is 14.0. The first-order valence-electron chi connectivity index (χ1n) is 21.0. The molecule has 1 aromatic heterocycles. The largest absolute Gasteiger partial charge is 0.382 e. The molecule has 7 atom stereocenters. The summed E-state index contributed by atoms with van der Waals surface area (Å²) in [6, 6.07) is 1.36. The fourth-order valence-corrected chi connectivity index (χ4v) is 7.62. The van der Waals surface area contributed by atoms with Crippen LogP contribution in [0.25, 0.3) is 10.9 Å². The Kier molecular flexibility index (Phi) is 18.2. The van der Waals surface area contributed by atoms with Gasteiger partial charge in [-0.2, -0.15) is 0 Å². The minimum Gasteiger partial charge on any atom is -0.382 e. The molecule has 3 heterocycles. The van der Waals surface area contributed by atoms with Crippen LogP contribution in [0.2, 0.25) is 0 Å². The number of amides is 9. The molecule has 2 aliphatic heterocycles. The van der Waals surface area contributed by atoms with E-state index in [9.17, 15) is 48.3 Å². The number of fused-ring (bicyclic) bond motifs is 1. The monoisotopic (exact) mass is 867 g/mol. The Balaban J connectivity index is 1.63. The van der Waals surface area contributed by atoms with Gasteiger partial charge in [-0.3, -0.25) is 43.2 Å². The van der Waals surface area contributed by atoms with E-state index in [2.05, 4.69) is 36.9 Å². The SMILES string of the molecule is C[C@@H]1NC(=O)C[C@@H](C(=O)N2CCC[C@H]2C(N)=O)NC(=O)[C@H](C(O)C(N)=O)CCCCNC(=O)[C@H](Cc2c[nH]c3ccccc23)NC(=O)[C@H](CCCCN(C)C)NC(=O)CNC1=O. The molecule has 1 unspecified atom stereocenters. The standard InChI is InChI=1S/C41H61N11O10/c1-23-37(58)46-22-33(54)48-28(14-7-9-17-51(2)3)40(61)49-29(19-24-21-45-27-13-5-4-11-25(24)27)39(60)44-16-8-6-12-26(34(55)36(43)57)38(59)50-30(20-32(53)47-23)41(62)52-18-10-15-31(52)35(42)56/h4-5,11,13,21,23,26,28-31,34,45,55H,6-10,12,14-20,22H2,1-3H3,(H2,42,56)(H2,43,57)(H,44,60)(H,46,58)(H,47,53)(H,48,54)(H,49,61)(H,50,59)/t23-,26-,28-,29-,30-,31-,34?/m0/s1. The number of aliphatic hydroxyl groups excluding tert-OH is 1. The van der Waals surface area contributed by atoms with Gasteiger partial charge in [0.15, 0.2) is 0 Å². The third-order valence-electron chi connectivity index (χ3n) is 11.0. The lowest BCUT2D eigenvalue weighted by Gasteiger charge is -2.29. The predicted molar refractivity (Wildman–Crippen MR) is 225 cm³/mol. The van der Waals surface area contributed by atoms with Gasteiger partial charge in [0.05, 0.1) is 18.9 Å². The Morgan fingerprint density at radius 2 is 1.58 bits per heavy atom. The number of likely N-dealkylation sites (tertiary alicyclic amines) is 1. The summed E-state index contributed by atoms with van der Waals surface area (Å²) < 4.78 is 0. The van der Waals surface area contributed by atoms with Gasteiger partial charge in [-0.15, -0.1) is 0 Å². The van der Waals surface area contributed by atoms with Gasteiger partial charge in [-0.1, -0.05) is 24.6 Å². The fraction of sp³-hybridized carbons (Fsp3) is 0.585. The number of aromatic nitrogens is 1. The number of nitrogens with zero attached hydrogens (tertiary/aromatic N) is 2. The summed E-state index contributed by atoms with van der Waals surface area (Å²) >= 11 is 0. The molecule has 0 bridgehead atoms. The molecule has 62 heavy (non-hydrogen) atoms. The lowest BCUT2D eigenvalue weighted by molar-refractivity contribution is -0.144. The van der Waals surface area contributed by atoms with E-state index in [0.717, 1.165) is 27.9 Å². The van der Waals surface area contributed by atoms with Crippen LogP contribution in [-0.4, -0.2) is 150 Å². The Bertz CT molecular complexity index is 1950. The van der Waals surface area contributed by atoms with Gasteiger partial charge in [-0.05, 0) is 84.1 Å². The Hall–Kier alpha value is -6.09. The van der Waals surface area contributed by atoms with Crippen molar-refractivity contribution in [1.82, 2.24) is 46.7 Å².